The highest BCUT2D eigenvalue weighted by atomic mass is 32.1. The summed E-state index contributed by atoms with van der Waals surface area (Å²) in [5.41, 5.74) is 3.27. The number of rotatable bonds is 5. The van der Waals surface area contributed by atoms with Crippen LogP contribution in [0, 0.1) is 5.82 Å². The Labute approximate surface area is 114 Å². The molecule has 1 N–H and O–H groups in total. The normalized spacial score (nSPS) is 10.4. The number of halogens is 1. The van der Waals surface area contributed by atoms with E-state index in [4.69, 9.17) is 4.84 Å². The number of carbonyl (C=O) groups is 1. The lowest BCUT2D eigenvalue weighted by molar-refractivity contribution is 0.0368. The standard InChI is InChI=1S/C13H13FN2O2S/c1-2-18-16-13(17)11-8-15-12(19-11)7-9-3-5-10(14)6-4-9/h3-6,8H,2,7H2,1H3,(H,16,17). The molecule has 0 aliphatic carbocycles. The van der Waals surface area contributed by atoms with Gasteiger partial charge >= 0.3 is 0 Å². The van der Waals surface area contributed by atoms with Gasteiger partial charge in [-0.1, -0.05) is 12.1 Å². The Morgan fingerprint density at radius 2 is 2.16 bits per heavy atom. The molecular formula is C13H13FN2O2S. The van der Waals surface area contributed by atoms with Crippen LogP contribution in [0.2, 0.25) is 0 Å². The molecule has 0 spiro atoms. The summed E-state index contributed by atoms with van der Waals surface area (Å²) in [5.74, 6) is -0.565. The van der Waals surface area contributed by atoms with E-state index in [-0.39, 0.29) is 11.7 Å². The van der Waals surface area contributed by atoms with Crippen molar-refractivity contribution in [1.82, 2.24) is 10.5 Å². The van der Waals surface area contributed by atoms with Crippen LogP contribution in [0.3, 0.4) is 0 Å². The average Bonchev–Trinajstić information content (AvgIpc) is 2.87. The van der Waals surface area contributed by atoms with Crippen LogP contribution in [0.25, 0.3) is 0 Å². The molecule has 0 atom stereocenters. The third-order valence-electron chi connectivity index (χ3n) is 2.36. The summed E-state index contributed by atoms with van der Waals surface area (Å²) in [7, 11) is 0. The van der Waals surface area contributed by atoms with E-state index in [9.17, 15) is 9.18 Å². The number of aromatic nitrogens is 1. The molecule has 1 aromatic heterocycles. The first-order valence-corrected chi connectivity index (χ1v) is 6.62. The average molecular weight is 280 g/mol. The van der Waals surface area contributed by atoms with Crippen LogP contribution in [0.4, 0.5) is 4.39 Å². The first-order chi connectivity index (χ1) is 9.19. The van der Waals surface area contributed by atoms with Gasteiger partial charge in [-0.05, 0) is 24.6 Å². The number of hydrogen-bond donors (Lipinski definition) is 1. The molecule has 0 bridgehead atoms. The molecule has 0 saturated carbocycles. The Kier molecular flexibility index (Phi) is 4.59. The van der Waals surface area contributed by atoms with Gasteiger partial charge < -0.3 is 0 Å². The zero-order valence-electron chi connectivity index (χ0n) is 10.4. The quantitative estimate of drug-likeness (QED) is 0.856. The first-order valence-electron chi connectivity index (χ1n) is 5.80. The van der Waals surface area contributed by atoms with Gasteiger partial charge in [0, 0.05) is 6.42 Å². The summed E-state index contributed by atoms with van der Waals surface area (Å²) in [6, 6.07) is 6.23. The van der Waals surface area contributed by atoms with Crippen molar-refractivity contribution >= 4 is 17.2 Å². The van der Waals surface area contributed by atoms with Gasteiger partial charge in [0.2, 0.25) is 0 Å². The Balaban J connectivity index is 2.01. The van der Waals surface area contributed by atoms with E-state index in [0.29, 0.717) is 17.9 Å². The molecule has 1 aromatic carbocycles. The fourth-order valence-electron chi connectivity index (χ4n) is 1.46. The maximum atomic E-state index is 12.8. The largest absolute Gasteiger partial charge is 0.286 e. The monoisotopic (exact) mass is 280 g/mol. The number of carbonyl (C=O) groups excluding carboxylic acids is 1. The van der Waals surface area contributed by atoms with E-state index in [1.54, 1.807) is 19.1 Å². The highest BCUT2D eigenvalue weighted by Gasteiger charge is 2.10. The predicted molar refractivity (Wildman–Crippen MR) is 70.4 cm³/mol. The Bertz CT molecular complexity index is 554. The molecule has 2 aromatic rings. The Hall–Kier alpha value is -1.79. The Morgan fingerprint density at radius 1 is 1.42 bits per heavy atom. The van der Waals surface area contributed by atoms with Gasteiger partial charge in [0.05, 0.1) is 17.8 Å². The molecule has 0 aliphatic heterocycles. The van der Waals surface area contributed by atoms with Gasteiger partial charge in [-0.25, -0.2) is 14.9 Å². The maximum absolute atomic E-state index is 12.8. The van der Waals surface area contributed by atoms with Crippen LogP contribution in [0.1, 0.15) is 27.2 Å². The van der Waals surface area contributed by atoms with Gasteiger partial charge in [-0.2, -0.15) is 0 Å². The minimum Gasteiger partial charge on any atom is -0.274 e. The molecule has 0 aliphatic rings. The lowest BCUT2D eigenvalue weighted by atomic mass is 10.2. The van der Waals surface area contributed by atoms with Crippen LogP contribution in [0.15, 0.2) is 30.5 Å². The smallest absolute Gasteiger partial charge is 0.274 e. The summed E-state index contributed by atoms with van der Waals surface area (Å²) in [4.78, 5) is 21.1. The summed E-state index contributed by atoms with van der Waals surface area (Å²) in [5, 5.41) is 0.799. The summed E-state index contributed by atoms with van der Waals surface area (Å²) >= 11 is 1.29. The van der Waals surface area contributed by atoms with Gasteiger partial charge in [0.1, 0.15) is 10.7 Å². The molecule has 0 unspecified atom stereocenters. The van der Waals surface area contributed by atoms with Crippen LogP contribution < -0.4 is 5.48 Å². The topological polar surface area (TPSA) is 51.2 Å². The molecule has 4 nitrogen and oxygen atoms in total. The summed E-state index contributed by atoms with van der Waals surface area (Å²) in [6.45, 7) is 2.19. The van der Waals surface area contributed by atoms with E-state index in [1.165, 1.54) is 29.7 Å². The Morgan fingerprint density at radius 3 is 2.84 bits per heavy atom. The van der Waals surface area contributed by atoms with E-state index in [0.717, 1.165) is 10.6 Å². The number of hydroxylamine groups is 1. The lowest BCUT2D eigenvalue weighted by Crippen LogP contribution is -2.22. The van der Waals surface area contributed by atoms with Gasteiger partial charge in [0.25, 0.3) is 5.91 Å². The summed E-state index contributed by atoms with van der Waals surface area (Å²) in [6.07, 6.45) is 2.09. The number of nitrogens with zero attached hydrogens (tertiary/aromatic N) is 1. The maximum Gasteiger partial charge on any atom is 0.286 e. The highest BCUT2D eigenvalue weighted by Crippen LogP contribution is 2.17. The molecule has 6 heteroatoms. The van der Waals surface area contributed by atoms with Gasteiger partial charge in [-0.3, -0.25) is 9.63 Å². The van der Waals surface area contributed by atoms with E-state index in [2.05, 4.69) is 10.5 Å². The van der Waals surface area contributed by atoms with Crippen molar-refractivity contribution in [3.63, 3.8) is 0 Å². The van der Waals surface area contributed by atoms with Crippen LogP contribution >= 0.6 is 11.3 Å². The molecule has 1 amide bonds. The molecule has 2 rings (SSSR count). The SMILES string of the molecule is CCONC(=O)c1cnc(Cc2ccc(F)cc2)s1. The van der Waals surface area contributed by atoms with Crippen molar-refractivity contribution in [2.24, 2.45) is 0 Å². The highest BCUT2D eigenvalue weighted by molar-refractivity contribution is 7.13. The number of nitrogens with one attached hydrogen (secondary N) is 1. The second-order valence-corrected chi connectivity index (χ2v) is 4.90. The molecule has 0 fully saturated rings. The molecule has 0 radical (unpaired) electrons. The fraction of sp³-hybridized carbons (Fsp3) is 0.231. The van der Waals surface area contributed by atoms with Crippen molar-refractivity contribution in [2.75, 3.05) is 6.61 Å². The van der Waals surface area contributed by atoms with E-state index in [1.807, 2.05) is 0 Å². The molecule has 0 saturated heterocycles. The first kappa shape index (κ1) is 13.6. The number of benzene rings is 1. The predicted octanol–water partition coefficient (Wildman–Crippen LogP) is 2.55. The second kappa shape index (κ2) is 6.40. The molecule has 19 heavy (non-hydrogen) atoms. The number of hydrogen-bond acceptors (Lipinski definition) is 4. The zero-order valence-corrected chi connectivity index (χ0v) is 11.2. The van der Waals surface area contributed by atoms with Crippen molar-refractivity contribution in [2.45, 2.75) is 13.3 Å². The zero-order chi connectivity index (χ0) is 13.7. The van der Waals surface area contributed by atoms with Crippen molar-refractivity contribution in [3.8, 4) is 0 Å². The van der Waals surface area contributed by atoms with Crippen LogP contribution in [0.5, 0.6) is 0 Å². The van der Waals surface area contributed by atoms with Crippen LogP contribution in [-0.2, 0) is 11.3 Å². The molecule has 100 valence electrons. The third-order valence-corrected chi connectivity index (χ3v) is 3.35. The van der Waals surface area contributed by atoms with Crippen molar-refractivity contribution in [3.05, 3.63) is 51.7 Å². The molecular weight excluding hydrogens is 267 g/mol. The molecule has 1 heterocycles. The third kappa shape index (κ3) is 3.84. The van der Waals surface area contributed by atoms with Gasteiger partial charge in [0.15, 0.2) is 0 Å². The van der Waals surface area contributed by atoms with E-state index >= 15 is 0 Å². The lowest BCUT2D eigenvalue weighted by Gasteiger charge is -2.00. The number of amides is 1. The minimum atomic E-state index is -0.301. The van der Waals surface area contributed by atoms with Crippen molar-refractivity contribution in [1.29, 1.82) is 0 Å². The second-order valence-electron chi connectivity index (χ2n) is 3.79. The van der Waals surface area contributed by atoms with Crippen LogP contribution in [-0.4, -0.2) is 17.5 Å². The summed E-state index contributed by atoms with van der Waals surface area (Å²) < 4.78 is 12.8. The minimum absolute atomic E-state index is 0.264. The van der Waals surface area contributed by atoms with E-state index < -0.39 is 0 Å². The van der Waals surface area contributed by atoms with Crippen molar-refractivity contribution < 1.29 is 14.0 Å². The van der Waals surface area contributed by atoms with Gasteiger partial charge in [-0.15, -0.1) is 11.3 Å². The number of thiazole rings is 1. The fourth-order valence-corrected chi connectivity index (χ4v) is 2.30.